The van der Waals surface area contributed by atoms with E-state index in [-0.39, 0.29) is 29.1 Å². The number of allylic oxidation sites excluding steroid dienone is 1. The average Bonchev–Trinajstić information content (AvgIpc) is 2.72. The maximum atomic E-state index is 13.1. The van der Waals surface area contributed by atoms with Crippen LogP contribution >= 0.6 is 0 Å². The van der Waals surface area contributed by atoms with Crippen molar-refractivity contribution in [2.24, 2.45) is 34.0 Å². The van der Waals surface area contributed by atoms with Crippen molar-refractivity contribution in [2.45, 2.75) is 64.9 Å². The van der Waals surface area contributed by atoms with Gasteiger partial charge in [0, 0.05) is 6.61 Å². The molecule has 128 valence electrons. The molecule has 0 unspecified atom stereocenters. The third-order valence-corrected chi connectivity index (χ3v) is 8.53. The molecule has 2 N–H and O–H groups in total. The van der Waals surface area contributed by atoms with Gasteiger partial charge in [-0.1, -0.05) is 26.8 Å². The second kappa shape index (κ2) is 4.70. The van der Waals surface area contributed by atoms with Crippen LogP contribution in [0.4, 0.5) is 0 Å². The highest BCUT2D eigenvalue weighted by Gasteiger charge is 2.70. The summed E-state index contributed by atoms with van der Waals surface area (Å²) in [6, 6.07) is 0. The van der Waals surface area contributed by atoms with Crippen molar-refractivity contribution < 1.29 is 15.0 Å². The summed E-state index contributed by atoms with van der Waals surface area (Å²) in [4.78, 5) is 13.1. The minimum atomic E-state index is -0.570. The first-order valence-corrected chi connectivity index (χ1v) is 9.32. The van der Waals surface area contributed by atoms with Gasteiger partial charge in [-0.25, -0.2) is 0 Å². The van der Waals surface area contributed by atoms with Crippen molar-refractivity contribution in [2.75, 3.05) is 6.61 Å². The molecule has 3 nitrogen and oxygen atoms in total. The molecule has 0 aliphatic heterocycles. The number of rotatable bonds is 1. The van der Waals surface area contributed by atoms with Crippen LogP contribution in [-0.4, -0.2) is 28.7 Å². The lowest BCUT2D eigenvalue weighted by Gasteiger charge is -2.64. The van der Waals surface area contributed by atoms with Gasteiger partial charge in [-0.15, -0.1) is 0 Å². The highest BCUT2D eigenvalue weighted by Crippen LogP contribution is 2.70. The van der Waals surface area contributed by atoms with Gasteiger partial charge in [0.1, 0.15) is 0 Å². The Morgan fingerprint density at radius 1 is 1.22 bits per heavy atom. The summed E-state index contributed by atoms with van der Waals surface area (Å²) in [5, 5.41) is 21.2. The molecule has 2 bridgehead atoms. The number of hydrogen-bond donors (Lipinski definition) is 2. The Balaban J connectivity index is 1.83. The summed E-state index contributed by atoms with van der Waals surface area (Å²) in [7, 11) is 0. The van der Waals surface area contributed by atoms with Gasteiger partial charge in [0.2, 0.25) is 0 Å². The number of aliphatic hydroxyl groups is 2. The van der Waals surface area contributed by atoms with Crippen LogP contribution in [0.5, 0.6) is 0 Å². The Morgan fingerprint density at radius 2 is 1.96 bits per heavy atom. The van der Waals surface area contributed by atoms with E-state index in [9.17, 15) is 15.0 Å². The van der Waals surface area contributed by atoms with Crippen LogP contribution in [0.1, 0.15) is 58.8 Å². The van der Waals surface area contributed by atoms with Crippen LogP contribution in [-0.2, 0) is 4.79 Å². The molecule has 0 saturated heterocycles. The molecule has 7 atom stereocenters. The van der Waals surface area contributed by atoms with Crippen molar-refractivity contribution >= 4 is 5.78 Å². The van der Waals surface area contributed by atoms with Gasteiger partial charge in [-0.2, -0.15) is 0 Å². The van der Waals surface area contributed by atoms with E-state index in [0.717, 1.165) is 44.1 Å². The zero-order chi connectivity index (χ0) is 16.6. The third-order valence-electron chi connectivity index (χ3n) is 8.53. The Kier molecular flexibility index (Phi) is 3.23. The smallest absolute Gasteiger partial charge is 0.167 e. The molecule has 0 aromatic heterocycles. The van der Waals surface area contributed by atoms with E-state index < -0.39 is 11.5 Å². The first kappa shape index (κ1) is 15.8. The van der Waals surface area contributed by atoms with Crippen LogP contribution in [0, 0.1) is 34.0 Å². The molecule has 4 fully saturated rings. The molecule has 4 aliphatic carbocycles. The average molecular weight is 318 g/mol. The molecular formula is C20H30O3. The van der Waals surface area contributed by atoms with Gasteiger partial charge >= 0.3 is 0 Å². The topological polar surface area (TPSA) is 57.5 Å². The monoisotopic (exact) mass is 318 g/mol. The van der Waals surface area contributed by atoms with Crippen LogP contribution < -0.4 is 0 Å². The maximum absolute atomic E-state index is 13.1. The predicted octanol–water partition coefficient (Wildman–Crippen LogP) is 3.10. The zero-order valence-corrected chi connectivity index (χ0v) is 14.5. The van der Waals surface area contributed by atoms with E-state index in [4.69, 9.17) is 0 Å². The fraction of sp³-hybridized carbons (Fsp3) is 0.850. The molecule has 0 aromatic carbocycles. The van der Waals surface area contributed by atoms with Gasteiger partial charge in [-0.3, -0.25) is 4.79 Å². The first-order valence-electron chi connectivity index (χ1n) is 9.32. The van der Waals surface area contributed by atoms with Crippen LogP contribution in [0.15, 0.2) is 12.2 Å². The summed E-state index contributed by atoms with van der Waals surface area (Å²) in [5.74, 6) is 1.00. The van der Waals surface area contributed by atoms with Gasteiger partial charge < -0.3 is 10.2 Å². The van der Waals surface area contributed by atoms with Crippen LogP contribution in [0.25, 0.3) is 0 Å². The molecule has 4 rings (SSSR count). The number of carbonyl (C=O) groups excluding carboxylic acids is 1. The highest BCUT2D eigenvalue weighted by atomic mass is 16.3. The Hall–Kier alpha value is -0.670. The normalized spacial score (nSPS) is 55.5. The lowest BCUT2D eigenvalue weighted by Crippen LogP contribution is -2.63. The standard InChI is InChI=1S/C20H30O3/c1-12-13-5-6-14-19(3)8-4-7-18(2,11-21)15(19)9-16(22)20(14,10-13)17(12)23/h13-16,21-22H,1,4-11H2,2-3H3/t13-,14+,15-,16-,18+,19+,20-/m1/s1. The largest absolute Gasteiger partial charge is 0.396 e. The van der Waals surface area contributed by atoms with Gasteiger partial charge in [-0.05, 0) is 72.7 Å². The van der Waals surface area contributed by atoms with Crippen molar-refractivity contribution in [1.82, 2.24) is 0 Å². The molecule has 3 heteroatoms. The van der Waals surface area contributed by atoms with E-state index >= 15 is 0 Å². The van der Waals surface area contributed by atoms with Crippen molar-refractivity contribution in [3.63, 3.8) is 0 Å². The Labute approximate surface area is 139 Å². The lowest BCUT2D eigenvalue weighted by molar-refractivity contribution is -0.204. The molecule has 0 heterocycles. The minimum Gasteiger partial charge on any atom is -0.396 e. The highest BCUT2D eigenvalue weighted by molar-refractivity contribution is 6.03. The summed E-state index contributed by atoms with van der Waals surface area (Å²) in [6.45, 7) is 8.78. The summed E-state index contributed by atoms with van der Waals surface area (Å²) in [5.41, 5.74) is 0.138. The molecule has 0 aromatic rings. The number of hydrogen-bond acceptors (Lipinski definition) is 3. The van der Waals surface area contributed by atoms with E-state index in [1.165, 1.54) is 0 Å². The molecule has 4 aliphatic rings. The second-order valence-corrected chi connectivity index (χ2v) is 9.40. The molecule has 0 radical (unpaired) electrons. The van der Waals surface area contributed by atoms with E-state index in [1.54, 1.807) is 0 Å². The van der Waals surface area contributed by atoms with Crippen LogP contribution in [0.3, 0.4) is 0 Å². The lowest BCUT2D eigenvalue weighted by atomic mass is 9.40. The summed E-state index contributed by atoms with van der Waals surface area (Å²) < 4.78 is 0. The van der Waals surface area contributed by atoms with E-state index in [0.29, 0.717) is 18.3 Å². The molecule has 1 spiro atoms. The predicted molar refractivity (Wildman–Crippen MR) is 88.7 cm³/mol. The maximum Gasteiger partial charge on any atom is 0.167 e. The Bertz CT molecular complexity index is 569. The summed E-state index contributed by atoms with van der Waals surface area (Å²) >= 11 is 0. The van der Waals surface area contributed by atoms with E-state index in [1.807, 2.05) is 0 Å². The molecule has 23 heavy (non-hydrogen) atoms. The van der Waals surface area contributed by atoms with Crippen molar-refractivity contribution in [3.05, 3.63) is 12.2 Å². The number of fused-ring (bicyclic) bond motifs is 3. The second-order valence-electron chi connectivity index (χ2n) is 9.40. The Morgan fingerprint density at radius 3 is 2.65 bits per heavy atom. The van der Waals surface area contributed by atoms with Gasteiger partial charge in [0.25, 0.3) is 0 Å². The SMILES string of the molecule is C=C1C(=O)[C@]23C[C@H]1CC[C@H]2[C@]1(C)CCC[C@@](C)(CO)[C@H]1C[C@H]3O. The van der Waals surface area contributed by atoms with Gasteiger partial charge in [0.05, 0.1) is 11.5 Å². The minimum absolute atomic E-state index is 0.0558. The number of Topliss-reactive ketones (excluding diaryl/α,β-unsaturated/α-hetero) is 1. The molecular weight excluding hydrogens is 288 g/mol. The fourth-order valence-electron chi connectivity index (χ4n) is 7.36. The number of ketones is 1. The fourth-order valence-corrected chi connectivity index (χ4v) is 7.36. The van der Waals surface area contributed by atoms with Gasteiger partial charge in [0.15, 0.2) is 5.78 Å². The van der Waals surface area contributed by atoms with E-state index in [2.05, 4.69) is 20.4 Å². The third kappa shape index (κ3) is 1.71. The van der Waals surface area contributed by atoms with Crippen molar-refractivity contribution in [3.8, 4) is 0 Å². The summed E-state index contributed by atoms with van der Waals surface area (Å²) in [6.07, 6.45) is 6.25. The van der Waals surface area contributed by atoms with Crippen LogP contribution in [0.2, 0.25) is 0 Å². The molecule has 4 saturated carbocycles. The molecule has 0 amide bonds. The van der Waals surface area contributed by atoms with Crippen molar-refractivity contribution in [1.29, 1.82) is 0 Å². The zero-order valence-electron chi connectivity index (χ0n) is 14.5. The number of aliphatic hydroxyl groups excluding tert-OH is 2. The first-order chi connectivity index (χ1) is 10.8. The quantitative estimate of drug-likeness (QED) is 0.731. The number of carbonyl (C=O) groups is 1.